The zero-order chi connectivity index (χ0) is 30.7. The van der Waals surface area contributed by atoms with Crippen LogP contribution in [0.15, 0.2) is 60.7 Å². The van der Waals surface area contributed by atoms with E-state index in [4.69, 9.17) is 21.1 Å². The standard InChI is InChI=1S/C36H46ClN3O3/c1-7-24(2)43-34-22-32-27(20-33(34)42-6)21-35(41)40(36(32)26-10-12-28(37)13-11-26)31-18-16-30(17-19-31)39(5)23-25-8-14-29(15-9-25)38(3)4/h10-13,16-20,22,24-25,29,36H,7-9,14-15,21,23H2,1-6H3/t24-,25?,29?,36+/m1/s1. The van der Waals surface area contributed by atoms with Crippen molar-refractivity contribution in [2.75, 3.05) is 44.6 Å². The van der Waals surface area contributed by atoms with Crippen LogP contribution in [0.1, 0.15) is 68.7 Å². The molecule has 2 atom stereocenters. The van der Waals surface area contributed by atoms with Crippen LogP contribution in [-0.4, -0.2) is 57.8 Å². The monoisotopic (exact) mass is 603 g/mol. The number of anilines is 2. The molecule has 2 aliphatic rings. The molecule has 0 N–H and O–H groups in total. The molecule has 0 aromatic heterocycles. The second kappa shape index (κ2) is 13.6. The Morgan fingerprint density at radius 1 is 0.953 bits per heavy atom. The molecule has 3 aromatic carbocycles. The molecule has 1 aliphatic heterocycles. The zero-order valence-electron chi connectivity index (χ0n) is 26.5. The first-order chi connectivity index (χ1) is 20.7. The van der Waals surface area contributed by atoms with Gasteiger partial charge < -0.3 is 24.2 Å². The number of carbonyl (C=O) groups excluding carboxylic acids is 1. The lowest BCUT2D eigenvalue weighted by Crippen LogP contribution is -2.41. The first-order valence-corrected chi connectivity index (χ1v) is 16.0. The highest BCUT2D eigenvalue weighted by molar-refractivity contribution is 6.30. The van der Waals surface area contributed by atoms with Crippen molar-refractivity contribution >= 4 is 28.9 Å². The Morgan fingerprint density at radius 2 is 1.63 bits per heavy atom. The number of hydrogen-bond acceptors (Lipinski definition) is 5. The summed E-state index contributed by atoms with van der Waals surface area (Å²) in [4.78, 5) is 20.5. The highest BCUT2D eigenvalue weighted by Crippen LogP contribution is 2.44. The molecule has 0 saturated heterocycles. The van der Waals surface area contributed by atoms with Gasteiger partial charge in [0, 0.05) is 36.0 Å². The van der Waals surface area contributed by atoms with E-state index in [0.29, 0.717) is 28.5 Å². The van der Waals surface area contributed by atoms with E-state index in [0.717, 1.165) is 35.3 Å². The number of amides is 1. The minimum absolute atomic E-state index is 0.0369. The maximum absolute atomic E-state index is 13.9. The van der Waals surface area contributed by atoms with Gasteiger partial charge in [-0.2, -0.15) is 0 Å². The van der Waals surface area contributed by atoms with Crippen molar-refractivity contribution in [2.24, 2.45) is 5.92 Å². The lowest BCUT2D eigenvalue weighted by atomic mass is 9.85. The van der Waals surface area contributed by atoms with Crippen molar-refractivity contribution in [1.29, 1.82) is 0 Å². The summed E-state index contributed by atoms with van der Waals surface area (Å²) in [7, 11) is 8.21. The van der Waals surface area contributed by atoms with Crippen LogP contribution in [0.25, 0.3) is 0 Å². The van der Waals surface area contributed by atoms with Gasteiger partial charge in [-0.15, -0.1) is 0 Å². The van der Waals surface area contributed by atoms with Crippen LogP contribution in [0.5, 0.6) is 11.5 Å². The highest BCUT2D eigenvalue weighted by atomic mass is 35.5. The summed E-state index contributed by atoms with van der Waals surface area (Å²) in [6, 6.07) is 20.7. The lowest BCUT2D eigenvalue weighted by molar-refractivity contribution is -0.118. The SMILES string of the molecule is CC[C@@H](C)Oc1cc2c(cc1OC)CC(=O)N(c1ccc(N(C)CC3CCC(N(C)C)CC3)cc1)[C@H]2c1ccc(Cl)cc1. The molecule has 1 amide bonds. The Kier molecular flexibility index (Phi) is 9.88. The van der Waals surface area contributed by atoms with Crippen LogP contribution in [-0.2, 0) is 11.2 Å². The molecule has 0 radical (unpaired) electrons. The van der Waals surface area contributed by atoms with E-state index in [1.807, 2.05) is 35.2 Å². The average molecular weight is 604 g/mol. The minimum Gasteiger partial charge on any atom is -0.493 e. The molecular formula is C36H46ClN3O3. The third-order valence-electron chi connectivity index (χ3n) is 9.32. The van der Waals surface area contributed by atoms with Crippen LogP contribution >= 0.6 is 11.6 Å². The van der Waals surface area contributed by atoms with E-state index >= 15 is 0 Å². The van der Waals surface area contributed by atoms with E-state index in [9.17, 15) is 4.79 Å². The molecule has 1 saturated carbocycles. The highest BCUT2D eigenvalue weighted by Gasteiger charge is 2.36. The summed E-state index contributed by atoms with van der Waals surface area (Å²) in [6.45, 7) is 5.20. The second-order valence-electron chi connectivity index (χ2n) is 12.5. The Morgan fingerprint density at radius 3 is 2.23 bits per heavy atom. The smallest absolute Gasteiger partial charge is 0.232 e. The molecule has 1 aliphatic carbocycles. The fraction of sp³-hybridized carbons (Fsp3) is 0.472. The topological polar surface area (TPSA) is 45.3 Å². The van der Waals surface area contributed by atoms with Gasteiger partial charge in [-0.3, -0.25) is 4.79 Å². The number of hydrogen-bond donors (Lipinski definition) is 0. The Balaban J connectivity index is 1.44. The number of carbonyl (C=O) groups is 1. The third-order valence-corrected chi connectivity index (χ3v) is 9.58. The van der Waals surface area contributed by atoms with Crippen LogP contribution in [0, 0.1) is 5.92 Å². The van der Waals surface area contributed by atoms with Gasteiger partial charge >= 0.3 is 0 Å². The van der Waals surface area contributed by atoms with Gasteiger partial charge in [-0.1, -0.05) is 30.7 Å². The molecule has 1 fully saturated rings. The molecular weight excluding hydrogens is 558 g/mol. The van der Waals surface area contributed by atoms with E-state index in [1.165, 1.54) is 31.4 Å². The molecule has 6 nitrogen and oxygen atoms in total. The van der Waals surface area contributed by atoms with E-state index < -0.39 is 0 Å². The quantitative estimate of drug-likeness (QED) is 0.237. The van der Waals surface area contributed by atoms with Crippen LogP contribution in [0.3, 0.4) is 0 Å². The predicted molar refractivity (Wildman–Crippen MR) is 177 cm³/mol. The minimum atomic E-state index is -0.325. The Bertz CT molecular complexity index is 1380. The van der Waals surface area contributed by atoms with Crippen molar-refractivity contribution in [3.8, 4) is 11.5 Å². The summed E-state index contributed by atoms with van der Waals surface area (Å²) in [5, 5.41) is 0.663. The van der Waals surface area contributed by atoms with Gasteiger partial charge in [0.1, 0.15) is 0 Å². The molecule has 5 rings (SSSR count). The Labute approximate surface area is 262 Å². The van der Waals surface area contributed by atoms with Gasteiger partial charge in [-0.05, 0) is 124 Å². The van der Waals surface area contributed by atoms with Crippen LogP contribution < -0.4 is 19.3 Å². The average Bonchev–Trinajstić information content (AvgIpc) is 3.01. The number of fused-ring (bicyclic) bond motifs is 1. The molecule has 43 heavy (non-hydrogen) atoms. The van der Waals surface area contributed by atoms with Crippen molar-refractivity contribution < 1.29 is 14.3 Å². The van der Waals surface area contributed by atoms with Crippen LogP contribution in [0.4, 0.5) is 11.4 Å². The van der Waals surface area contributed by atoms with E-state index in [2.05, 4.69) is 75.1 Å². The molecule has 3 aromatic rings. The van der Waals surface area contributed by atoms with Crippen molar-refractivity contribution in [3.63, 3.8) is 0 Å². The number of benzene rings is 3. The molecule has 0 spiro atoms. The van der Waals surface area contributed by atoms with E-state index in [1.54, 1.807) is 7.11 Å². The first-order valence-electron chi connectivity index (χ1n) is 15.6. The van der Waals surface area contributed by atoms with Crippen LogP contribution in [0.2, 0.25) is 5.02 Å². The molecule has 7 heteroatoms. The van der Waals surface area contributed by atoms with Crippen molar-refractivity contribution in [3.05, 3.63) is 82.4 Å². The van der Waals surface area contributed by atoms with Gasteiger partial charge in [0.15, 0.2) is 11.5 Å². The van der Waals surface area contributed by atoms with Crippen molar-refractivity contribution in [1.82, 2.24) is 4.90 Å². The maximum atomic E-state index is 13.9. The number of methoxy groups -OCH3 is 1. The summed E-state index contributed by atoms with van der Waals surface area (Å²) in [5.41, 5.74) is 5.03. The number of ether oxygens (including phenoxy) is 2. The number of halogens is 1. The summed E-state index contributed by atoms with van der Waals surface area (Å²) >= 11 is 6.28. The molecule has 230 valence electrons. The fourth-order valence-corrected chi connectivity index (χ4v) is 6.71. The number of nitrogens with zero attached hydrogens (tertiary/aromatic N) is 3. The molecule has 0 unspecified atom stereocenters. The van der Waals surface area contributed by atoms with Gasteiger partial charge in [0.2, 0.25) is 5.91 Å². The fourth-order valence-electron chi connectivity index (χ4n) is 6.58. The second-order valence-corrected chi connectivity index (χ2v) is 12.9. The van der Waals surface area contributed by atoms with Gasteiger partial charge in [0.25, 0.3) is 0 Å². The third kappa shape index (κ3) is 6.97. The summed E-state index contributed by atoms with van der Waals surface area (Å²) < 4.78 is 12.0. The normalized spacial score (nSPS) is 21.0. The lowest BCUT2D eigenvalue weighted by Gasteiger charge is -2.38. The van der Waals surface area contributed by atoms with Crippen molar-refractivity contribution in [2.45, 2.75) is 70.6 Å². The van der Waals surface area contributed by atoms with E-state index in [-0.39, 0.29) is 24.5 Å². The number of rotatable bonds is 10. The van der Waals surface area contributed by atoms with Gasteiger partial charge in [0.05, 0.1) is 25.7 Å². The largest absolute Gasteiger partial charge is 0.493 e. The summed E-state index contributed by atoms with van der Waals surface area (Å²) in [5.74, 6) is 2.10. The summed E-state index contributed by atoms with van der Waals surface area (Å²) in [6.07, 6.45) is 6.28. The zero-order valence-corrected chi connectivity index (χ0v) is 27.2. The Hall–Kier alpha value is -3.22. The van der Waals surface area contributed by atoms with Gasteiger partial charge in [-0.25, -0.2) is 0 Å². The molecule has 1 heterocycles. The maximum Gasteiger partial charge on any atom is 0.232 e. The first kappa shape index (κ1) is 31.2. The molecule has 0 bridgehead atoms. The predicted octanol–water partition coefficient (Wildman–Crippen LogP) is 7.76.